The molecule has 2 heterocycles. The second-order valence-electron chi connectivity index (χ2n) is 7.11. The highest BCUT2D eigenvalue weighted by Crippen LogP contribution is 2.19. The van der Waals surface area contributed by atoms with E-state index in [4.69, 9.17) is 0 Å². The SMILES string of the molecule is Cc1ccc([C@H](c2nnnn2CCc2ccccc2)[NH+]2CCSCC2)cc1. The molecular weight excluding hydrogens is 354 g/mol. The molecule has 2 aromatic carbocycles. The van der Waals surface area contributed by atoms with Crippen molar-refractivity contribution in [3.05, 3.63) is 77.1 Å². The Morgan fingerprint density at radius 1 is 1.04 bits per heavy atom. The Labute approximate surface area is 164 Å². The van der Waals surface area contributed by atoms with Gasteiger partial charge in [0.1, 0.15) is 0 Å². The highest BCUT2D eigenvalue weighted by Gasteiger charge is 2.32. The van der Waals surface area contributed by atoms with E-state index >= 15 is 0 Å². The summed E-state index contributed by atoms with van der Waals surface area (Å²) in [4.78, 5) is 1.56. The molecule has 1 aliphatic rings. The van der Waals surface area contributed by atoms with Crippen LogP contribution in [0.25, 0.3) is 0 Å². The lowest BCUT2D eigenvalue weighted by molar-refractivity contribution is -0.922. The topological polar surface area (TPSA) is 48.0 Å². The van der Waals surface area contributed by atoms with Gasteiger partial charge in [-0.3, -0.25) is 0 Å². The monoisotopic (exact) mass is 380 g/mol. The fourth-order valence-electron chi connectivity index (χ4n) is 3.71. The van der Waals surface area contributed by atoms with Gasteiger partial charge in [0.05, 0.1) is 13.1 Å². The van der Waals surface area contributed by atoms with Crippen molar-refractivity contribution in [1.82, 2.24) is 20.2 Å². The molecule has 0 spiro atoms. The van der Waals surface area contributed by atoms with Crippen LogP contribution in [0, 0.1) is 6.92 Å². The van der Waals surface area contributed by atoms with Gasteiger partial charge in [0, 0.05) is 23.6 Å². The van der Waals surface area contributed by atoms with E-state index in [1.54, 1.807) is 4.90 Å². The number of rotatable bonds is 6. The van der Waals surface area contributed by atoms with Crippen LogP contribution in [0.3, 0.4) is 0 Å². The van der Waals surface area contributed by atoms with E-state index in [9.17, 15) is 0 Å². The van der Waals surface area contributed by atoms with Crippen molar-refractivity contribution < 1.29 is 4.90 Å². The van der Waals surface area contributed by atoms with Crippen LogP contribution in [-0.4, -0.2) is 44.8 Å². The Hall–Kier alpha value is -2.18. The maximum absolute atomic E-state index is 4.48. The highest BCUT2D eigenvalue weighted by molar-refractivity contribution is 7.99. The normalized spacial score (nSPS) is 16.3. The van der Waals surface area contributed by atoms with Gasteiger partial charge in [0.25, 0.3) is 0 Å². The standard InChI is InChI=1S/C21H25N5S/c1-17-7-9-19(10-8-17)20(25-13-15-27-16-14-25)21-22-23-24-26(21)12-11-18-5-3-2-4-6-18/h2-10,20H,11-16H2,1H3/p+1/t20-/m1/s1. The van der Waals surface area contributed by atoms with Gasteiger partial charge >= 0.3 is 0 Å². The van der Waals surface area contributed by atoms with Gasteiger partial charge in [-0.05, 0) is 29.3 Å². The Morgan fingerprint density at radius 2 is 1.78 bits per heavy atom. The zero-order valence-corrected chi connectivity index (χ0v) is 16.5. The van der Waals surface area contributed by atoms with Crippen molar-refractivity contribution in [2.45, 2.75) is 25.9 Å². The second kappa shape index (κ2) is 8.67. The number of thioether (sulfide) groups is 1. The van der Waals surface area contributed by atoms with Crippen LogP contribution in [0.15, 0.2) is 54.6 Å². The summed E-state index contributed by atoms with van der Waals surface area (Å²) in [5.41, 5.74) is 3.90. The van der Waals surface area contributed by atoms with Gasteiger partial charge in [-0.25, -0.2) is 4.68 Å². The molecule has 1 saturated heterocycles. The summed E-state index contributed by atoms with van der Waals surface area (Å²) in [7, 11) is 0. The van der Waals surface area contributed by atoms with Crippen molar-refractivity contribution in [3.8, 4) is 0 Å². The average molecular weight is 381 g/mol. The van der Waals surface area contributed by atoms with E-state index in [-0.39, 0.29) is 6.04 Å². The molecule has 4 rings (SSSR count). The van der Waals surface area contributed by atoms with Gasteiger partial charge in [-0.2, -0.15) is 11.8 Å². The fourth-order valence-corrected chi connectivity index (χ4v) is 4.72. The zero-order chi connectivity index (χ0) is 18.5. The van der Waals surface area contributed by atoms with Crippen molar-refractivity contribution in [2.75, 3.05) is 24.6 Å². The molecule has 5 nitrogen and oxygen atoms in total. The molecule has 1 atom stereocenters. The Bertz CT molecular complexity index is 841. The summed E-state index contributed by atoms with van der Waals surface area (Å²) in [6.07, 6.45) is 0.935. The van der Waals surface area contributed by atoms with Gasteiger partial charge in [-0.1, -0.05) is 60.2 Å². The number of hydrogen-bond donors (Lipinski definition) is 1. The molecule has 1 aromatic heterocycles. The summed E-state index contributed by atoms with van der Waals surface area (Å²) >= 11 is 2.04. The van der Waals surface area contributed by atoms with Crippen LogP contribution >= 0.6 is 11.8 Å². The predicted octanol–water partition coefficient (Wildman–Crippen LogP) is 1.95. The Kier molecular flexibility index (Phi) is 5.84. The van der Waals surface area contributed by atoms with Crippen LogP contribution in [0.4, 0.5) is 0 Å². The minimum absolute atomic E-state index is 0.192. The number of aryl methyl sites for hydroxylation is 3. The van der Waals surface area contributed by atoms with Crippen molar-refractivity contribution >= 4 is 11.8 Å². The molecule has 6 heteroatoms. The highest BCUT2D eigenvalue weighted by atomic mass is 32.2. The number of quaternary nitrogens is 1. The van der Waals surface area contributed by atoms with E-state index in [0.29, 0.717) is 0 Å². The van der Waals surface area contributed by atoms with Gasteiger partial charge < -0.3 is 4.90 Å². The average Bonchev–Trinajstić information content (AvgIpc) is 3.18. The molecule has 140 valence electrons. The van der Waals surface area contributed by atoms with E-state index in [1.165, 1.54) is 28.2 Å². The molecule has 0 unspecified atom stereocenters. The quantitative estimate of drug-likeness (QED) is 0.710. The van der Waals surface area contributed by atoms with Crippen molar-refractivity contribution in [3.63, 3.8) is 0 Å². The maximum Gasteiger partial charge on any atom is 0.214 e. The predicted molar refractivity (Wildman–Crippen MR) is 109 cm³/mol. The minimum Gasteiger partial charge on any atom is -0.321 e. The van der Waals surface area contributed by atoms with Crippen LogP contribution in [0.1, 0.15) is 28.6 Å². The zero-order valence-electron chi connectivity index (χ0n) is 15.7. The summed E-state index contributed by atoms with van der Waals surface area (Å²) in [6.45, 7) is 5.23. The summed E-state index contributed by atoms with van der Waals surface area (Å²) < 4.78 is 2.01. The molecular formula is C21H26N5S+. The third kappa shape index (κ3) is 4.39. The molecule has 1 N–H and O–H groups in total. The maximum atomic E-state index is 4.48. The summed E-state index contributed by atoms with van der Waals surface area (Å²) in [6, 6.07) is 19.6. The molecule has 0 aliphatic carbocycles. The lowest BCUT2D eigenvalue weighted by Gasteiger charge is -2.30. The van der Waals surface area contributed by atoms with Gasteiger partial charge in [0.2, 0.25) is 5.82 Å². The van der Waals surface area contributed by atoms with Crippen molar-refractivity contribution in [2.24, 2.45) is 0 Å². The van der Waals surface area contributed by atoms with E-state index in [0.717, 1.165) is 31.9 Å². The molecule has 1 fully saturated rings. The smallest absolute Gasteiger partial charge is 0.214 e. The number of hydrogen-bond acceptors (Lipinski definition) is 4. The van der Waals surface area contributed by atoms with E-state index in [2.05, 4.69) is 77.0 Å². The molecule has 3 aromatic rings. The van der Waals surface area contributed by atoms with Crippen LogP contribution in [0.5, 0.6) is 0 Å². The molecule has 27 heavy (non-hydrogen) atoms. The number of nitrogens with zero attached hydrogens (tertiary/aromatic N) is 4. The summed E-state index contributed by atoms with van der Waals surface area (Å²) in [5, 5.41) is 12.8. The largest absolute Gasteiger partial charge is 0.321 e. The number of aromatic nitrogens is 4. The van der Waals surface area contributed by atoms with Crippen LogP contribution in [0.2, 0.25) is 0 Å². The Balaban J connectivity index is 1.62. The number of nitrogens with one attached hydrogen (secondary N) is 1. The first-order valence-electron chi connectivity index (χ1n) is 9.60. The van der Waals surface area contributed by atoms with Crippen LogP contribution in [-0.2, 0) is 13.0 Å². The third-order valence-electron chi connectivity index (χ3n) is 5.23. The van der Waals surface area contributed by atoms with Gasteiger partial charge in [0.15, 0.2) is 6.04 Å². The molecule has 0 amide bonds. The lowest BCUT2D eigenvalue weighted by Crippen LogP contribution is -3.14. The first-order valence-corrected chi connectivity index (χ1v) is 10.8. The second-order valence-corrected chi connectivity index (χ2v) is 8.33. The first-order chi connectivity index (χ1) is 13.3. The number of tetrazole rings is 1. The fraction of sp³-hybridized carbons (Fsp3) is 0.381. The molecule has 0 bridgehead atoms. The lowest BCUT2D eigenvalue weighted by atomic mass is 10.0. The molecule has 1 aliphatic heterocycles. The van der Waals surface area contributed by atoms with Crippen molar-refractivity contribution in [1.29, 1.82) is 0 Å². The van der Waals surface area contributed by atoms with Gasteiger partial charge in [-0.15, -0.1) is 5.10 Å². The number of benzene rings is 2. The molecule has 0 radical (unpaired) electrons. The Morgan fingerprint density at radius 3 is 2.52 bits per heavy atom. The minimum atomic E-state index is 0.192. The van der Waals surface area contributed by atoms with Crippen LogP contribution < -0.4 is 4.90 Å². The third-order valence-corrected chi connectivity index (χ3v) is 6.21. The first kappa shape index (κ1) is 18.2. The summed E-state index contributed by atoms with van der Waals surface area (Å²) in [5.74, 6) is 3.38. The molecule has 0 saturated carbocycles. The van der Waals surface area contributed by atoms with E-state index in [1.807, 2.05) is 16.4 Å². The van der Waals surface area contributed by atoms with E-state index < -0.39 is 0 Å².